The van der Waals surface area contributed by atoms with E-state index in [1.807, 2.05) is 32.0 Å². The third-order valence-corrected chi connectivity index (χ3v) is 3.58. The molecule has 0 radical (unpaired) electrons. The smallest absolute Gasteiger partial charge is 0.140 e. The third kappa shape index (κ3) is 3.17. The average molecular weight is 333 g/mol. The molecule has 4 heteroatoms. The summed E-state index contributed by atoms with van der Waals surface area (Å²) in [6.45, 7) is 4.62. The lowest BCUT2D eigenvalue weighted by molar-refractivity contribution is 0.623. The molecular weight excluding hydrogens is 319 g/mol. The van der Waals surface area contributed by atoms with Gasteiger partial charge in [0.1, 0.15) is 11.9 Å². The summed E-state index contributed by atoms with van der Waals surface area (Å²) in [5.74, 6) is -0.479. The summed E-state index contributed by atoms with van der Waals surface area (Å²) in [6, 6.07) is 10.5. The van der Waals surface area contributed by atoms with Crippen LogP contribution in [0.2, 0.25) is 0 Å². The van der Waals surface area contributed by atoms with Crippen LogP contribution >= 0.6 is 15.9 Å². The lowest BCUT2D eigenvalue weighted by Crippen LogP contribution is -2.03. The lowest BCUT2D eigenvalue weighted by atomic mass is 10.1. The van der Waals surface area contributed by atoms with E-state index >= 15 is 0 Å². The van der Waals surface area contributed by atoms with Crippen LogP contribution in [0.25, 0.3) is 0 Å². The van der Waals surface area contributed by atoms with Gasteiger partial charge in [-0.25, -0.2) is 4.39 Å². The fraction of sp³-hybridized carbons (Fsp3) is 0.188. The second-order valence-electron chi connectivity index (χ2n) is 4.69. The third-order valence-electron chi connectivity index (χ3n) is 3.12. The van der Waals surface area contributed by atoms with E-state index in [9.17, 15) is 4.39 Å². The molecule has 0 aliphatic rings. The number of hydrogen-bond donors (Lipinski definition) is 1. The van der Waals surface area contributed by atoms with Gasteiger partial charge < -0.3 is 5.32 Å². The highest BCUT2D eigenvalue weighted by atomic mass is 79.9. The van der Waals surface area contributed by atoms with E-state index < -0.39 is 5.82 Å². The number of halogens is 2. The summed E-state index contributed by atoms with van der Waals surface area (Å²) >= 11 is 3.46. The normalized spacial score (nSPS) is 10.2. The van der Waals surface area contributed by atoms with Gasteiger partial charge in [0.15, 0.2) is 0 Å². The molecule has 0 bridgehead atoms. The molecule has 2 aromatic carbocycles. The molecule has 0 saturated heterocycles. The van der Waals surface area contributed by atoms with Gasteiger partial charge in [0.25, 0.3) is 0 Å². The summed E-state index contributed by atoms with van der Waals surface area (Å²) in [7, 11) is 0. The maximum atomic E-state index is 13.3. The number of rotatable bonds is 3. The Morgan fingerprint density at radius 2 is 1.85 bits per heavy atom. The molecule has 0 amide bonds. The Balaban J connectivity index is 2.20. The fourth-order valence-corrected chi connectivity index (χ4v) is 2.83. The maximum Gasteiger partial charge on any atom is 0.140 e. The second kappa shape index (κ2) is 6.06. The largest absolute Gasteiger partial charge is 0.381 e. The molecule has 2 rings (SSSR count). The molecule has 0 atom stereocenters. The Bertz CT molecular complexity index is 666. The summed E-state index contributed by atoms with van der Waals surface area (Å²) in [5.41, 5.74) is 4.30. The number of nitriles is 1. The minimum absolute atomic E-state index is 0.0774. The molecule has 20 heavy (non-hydrogen) atoms. The molecule has 102 valence electrons. The van der Waals surface area contributed by atoms with Crippen LogP contribution in [-0.4, -0.2) is 0 Å². The molecular formula is C16H14BrFN2. The zero-order valence-electron chi connectivity index (χ0n) is 11.3. The van der Waals surface area contributed by atoms with Crippen LogP contribution in [0.15, 0.2) is 34.8 Å². The number of nitrogens with one attached hydrogen (secondary N) is 1. The Morgan fingerprint density at radius 3 is 2.45 bits per heavy atom. The van der Waals surface area contributed by atoms with Crippen LogP contribution < -0.4 is 5.32 Å². The van der Waals surface area contributed by atoms with E-state index in [4.69, 9.17) is 5.26 Å². The minimum atomic E-state index is -0.479. The van der Waals surface area contributed by atoms with Crippen molar-refractivity contribution in [1.82, 2.24) is 0 Å². The van der Waals surface area contributed by atoms with Crippen molar-refractivity contribution in [3.05, 3.63) is 62.9 Å². The monoisotopic (exact) mass is 332 g/mol. The van der Waals surface area contributed by atoms with Crippen molar-refractivity contribution in [2.45, 2.75) is 20.4 Å². The number of anilines is 1. The number of benzene rings is 2. The predicted molar refractivity (Wildman–Crippen MR) is 82.1 cm³/mol. The Kier molecular flexibility index (Phi) is 4.41. The van der Waals surface area contributed by atoms with E-state index in [1.165, 1.54) is 6.07 Å². The average Bonchev–Trinajstić information content (AvgIpc) is 2.39. The van der Waals surface area contributed by atoms with Crippen molar-refractivity contribution in [2.24, 2.45) is 0 Å². The summed E-state index contributed by atoms with van der Waals surface area (Å²) in [5, 5.41) is 12.2. The van der Waals surface area contributed by atoms with Crippen molar-refractivity contribution in [2.75, 3.05) is 5.32 Å². The fourth-order valence-electron chi connectivity index (χ4n) is 2.15. The second-order valence-corrected chi connectivity index (χ2v) is 5.61. The van der Waals surface area contributed by atoms with Gasteiger partial charge in [-0.2, -0.15) is 5.26 Å². The van der Waals surface area contributed by atoms with Crippen molar-refractivity contribution in [3.8, 4) is 6.07 Å². The first kappa shape index (κ1) is 14.5. The summed E-state index contributed by atoms with van der Waals surface area (Å²) in [4.78, 5) is 0. The SMILES string of the molecule is Cc1cc(Br)cc(C)c1NCc1ccc(F)c(C#N)c1. The predicted octanol–water partition coefficient (Wildman–Crippen LogP) is 4.69. The van der Waals surface area contributed by atoms with E-state index in [-0.39, 0.29) is 5.56 Å². The highest BCUT2D eigenvalue weighted by Crippen LogP contribution is 2.25. The van der Waals surface area contributed by atoms with E-state index in [0.29, 0.717) is 6.54 Å². The molecule has 0 heterocycles. The van der Waals surface area contributed by atoms with Crippen LogP contribution in [0.3, 0.4) is 0 Å². The van der Waals surface area contributed by atoms with E-state index in [0.717, 1.165) is 26.9 Å². The van der Waals surface area contributed by atoms with Gasteiger partial charge in [0.2, 0.25) is 0 Å². The molecule has 0 fully saturated rings. The molecule has 0 aliphatic heterocycles. The summed E-state index contributed by atoms with van der Waals surface area (Å²) in [6.07, 6.45) is 0. The molecule has 0 saturated carbocycles. The van der Waals surface area contributed by atoms with Gasteiger partial charge in [-0.3, -0.25) is 0 Å². The Hall–Kier alpha value is -1.86. The first-order chi connectivity index (χ1) is 9.51. The van der Waals surface area contributed by atoms with Gasteiger partial charge in [-0.1, -0.05) is 22.0 Å². The minimum Gasteiger partial charge on any atom is -0.381 e. The molecule has 2 aromatic rings. The van der Waals surface area contributed by atoms with Crippen LogP contribution in [0.4, 0.5) is 10.1 Å². The van der Waals surface area contributed by atoms with Crippen molar-refractivity contribution >= 4 is 21.6 Å². The number of aryl methyl sites for hydroxylation is 2. The van der Waals surface area contributed by atoms with Crippen molar-refractivity contribution < 1.29 is 4.39 Å². The van der Waals surface area contributed by atoms with E-state index in [1.54, 1.807) is 12.1 Å². The maximum absolute atomic E-state index is 13.3. The molecule has 2 nitrogen and oxygen atoms in total. The molecule has 0 spiro atoms. The Morgan fingerprint density at radius 1 is 1.20 bits per heavy atom. The molecule has 0 aliphatic carbocycles. The zero-order chi connectivity index (χ0) is 14.7. The highest BCUT2D eigenvalue weighted by Gasteiger charge is 2.06. The van der Waals surface area contributed by atoms with E-state index in [2.05, 4.69) is 21.2 Å². The lowest BCUT2D eigenvalue weighted by Gasteiger charge is -2.13. The molecule has 0 unspecified atom stereocenters. The molecule has 0 aromatic heterocycles. The quantitative estimate of drug-likeness (QED) is 0.885. The van der Waals surface area contributed by atoms with Crippen molar-refractivity contribution in [3.63, 3.8) is 0 Å². The van der Waals surface area contributed by atoms with Gasteiger partial charge in [-0.15, -0.1) is 0 Å². The first-order valence-electron chi connectivity index (χ1n) is 6.20. The van der Waals surface area contributed by atoms with Crippen LogP contribution in [0.5, 0.6) is 0 Å². The topological polar surface area (TPSA) is 35.8 Å². The van der Waals surface area contributed by atoms with Gasteiger partial charge >= 0.3 is 0 Å². The Labute approximate surface area is 126 Å². The van der Waals surface area contributed by atoms with Crippen LogP contribution in [0.1, 0.15) is 22.3 Å². The van der Waals surface area contributed by atoms with Crippen LogP contribution in [0, 0.1) is 31.0 Å². The summed E-state index contributed by atoms with van der Waals surface area (Å²) < 4.78 is 14.3. The number of nitrogens with zero attached hydrogens (tertiary/aromatic N) is 1. The van der Waals surface area contributed by atoms with Crippen molar-refractivity contribution in [1.29, 1.82) is 5.26 Å². The number of hydrogen-bond acceptors (Lipinski definition) is 2. The standard InChI is InChI=1S/C16H14BrFN2/c1-10-5-14(17)6-11(2)16(10)20-9-12-3-4-15(18)13(7-12)8-19/h3-7,20H,9H2,1-2H3. The van der Waals surface area contributed by atoms with Gasteiger partial charge in [0.05, 0.1) is 5.56 Å². The highest BCUT2D eigenvalue weighted by molar-refractivity contribution is 9.10. The first-order valence-corrected chi connectivity index (χ1v) is 6.99. The zero-order valence-corrected chi connectivity index (χ0v) is 12.9. The van der Waals surface area contributed by atoms with Gasteiger partial charge in [-0.05, 0) is 54.8 Å². The van der Waals surface area contributed by atoms with Gasteiger partial charge in [0, 0.05) is 16.7 Å². The molecule has 1 N–H and O–H groups in total. The van der Waals surface area contributed by atoms with Crippen LogP contribution in [-0.2, 0) is 6.54 Å².